The fourth-order valence-corrected chi connectivity index (χ4v) is 2.68. The summed E-state index contributed by atoms with van der Waals surface area (Å²) >= 11 is 0. The van der Waals surface area contributed by atoms with Gasteiger partial charge in [-0.25, -0.2) is 8.42 Å². The van der Waals surface area contributed by atoms with E-state index in [1.165, 1.54) is 25.5 Å². The number of hydrogen-bond donors (Lipinski definition) is 1. The van der Waals surface area contributed by atoms with E-state index in [0.29, 0.717) is 0 Å². The molecule has 1 aromatic rings. The Kier molecular flexibility index (Phi) is 4.61. The molecule has 1 heterocycles. The summed E-state index contributed by atoms with van der Waals surface area (Å²) in [5, 5.41) is 0. The summed E-state index contributed by atoms with van der Waals surface area (Å²) in [6.07, 6.45) is -3.35. The topological polar surface area (TPSA) is 76.3 Å². The maximum Gasteiger partial charge on any atom is 0.389 e. The monoisotopic (exact) mass is 297 g/mol. The van der Waals surface area contributed by atoms with Gasteiger partial charge in [0.15, 0.2) is 0 Å². The molecule has 0 aliphatic carbocycles. The Hall–Kier alpha value is -1.51. The molecule has 0 aliphatic rings. The summed E-state index contributed by atoms with van der Waals surface area (Å²) in [7, 11) is -2.59. The van der Waals surface area contributed by atoms with Crippen molar-refractivity contribution < 1.29 is 21.6 Å². The van der Waals surface area contributed by atoms with E-state index in [-0.39, 0.29) is 11.4 Å². The Labute approximate surface area is 109 Å². The minimum absolute atomic E-state index is 0.143. The number of nitrogens with zero attached hydrogens (tertiary/aromatic N) is 2. The zero-order valence-electron chi connectivity index (χ0n) is 10.2. The van der Waals surface area contributed by atoms with Crippen molar-refractivity contribution in [3.05, 3.63) is 18.5 Å². The molecule has 108 valence electrons. The van der Waals surface area contributed by atoms with Crippen LogP contribution in [0, 0.1) is 0 Å². The highest BCUT2D eigenvalue weighted by molar-refractivity contribution is 7.92. The predicted molar refractivity (Wildman–Crippen MR) is 66.1 cm³/mol. The Morgan fingerprint density at radius 3 is 2.58 bits per heavy atom. The van der Waals surface area contributed by atoms with Gasteiger partial charge in [-0.2, -0.15) is 13.2 Å². The fraction of sp³-hybridized carbons (Fsp3) is 0.500. The normalized spacial score (nSPS) is 12.4. The molecule has 9 heteroatoms. The van der Waals surface area contributed by atoms with E-state index in [0.717, 1.165) is 4.31 Å². The summed E-state index contributed by atoms with van der Waals surface area (Å²) in [6.45, 7) is 0. The van der Waals surface area contributed by atoms with Crippen LogP contribution in [0.15, 0.2) is 18.5 Å². The van der Waals surface area contributed by atoms with Crippen molar-refractivity contribution in [1.82, 2.24) is 4.98 Å². The molecule has 0 aromatic carbocycles. The zero-order valence-corrected chi connectivity index (χ0v) is 11.0. The largest absolute Gasteiger partial charge is 0.396 e. The van der Waals surface area contributed by atoms with Crippen LogP contribution >= 0.6 is 0 Å². The molecular formula is C10H14F3N3O2S. The average Bonchev–Trinajstić information content (AvgIpc) is 2.26. The first-order chi connectivity index (χ1) is 8.63. The van der Waals surface area contributed by atoms with E-state index in [4.69, 9.17) is 5.73 Å². The number of alkyl halides is 3. The van der Waals surface area contributed by atoms with Crippen LogP contribution in [-0.4, -0.2) is 32.4 Å². The lowest BCUT2D eigenvalue weighted by Gasteiger charge is -2.20. The Morgan fingerprint density at radius 2 is 2.05 bits per heavy atom. The molecule has 0 radical (unpaired) electrons. The molecule has 1 rings (SSSR count). The van der Waals surface area contributed by atoms with Crippen molar-refractivity contribution in [2.45, 2.75) is 19.0 Å². The predicted octanol–water partition coefficient (Wildman–Crippen LogP) is 1.77. The third-order valence-electron chi connectivity index (χ3n) is 2.45. The van der Waals surface area contributed by atoms with Gasteiger partial charge < -0.3 is 5.73 Å². The molecule has 0 fully saturated rings. The van der Waals surface area contributed by atoms with Crippen molar-refractivity contribution in [2.75, 3.05) is 22.8 Å². The minimum Gasteiger partial charge on any atom is -0.396 e. The van der Waals surface area contributed by atoms with Crippen LogP contribution < -0.4 is 10.0 Å². The number of halogens is 3. The van der Waals surface area contributed by atoms with Crippen molar-refractivity contribution in [1.29, 1.82) is 0 Å². The van der Waals surface area contributed by atoms with E-state index in [9.17, 15) is 21.6 Å². The standard InChI is InChI=1S/C10H14F3N3O2S/c1-16(9-3-5-15-7-8(9)14)19(17,18)6-2-4-10(11,12)13/h3,5,7H,2,4,6,14H2,1H3. The quantitative estimate of drug-likeness (QED) is 0.898. The number of aromatic nitrogens is 1. The number of anilines is 2. The van der Waals surface area contributed by atoms with E-state index in [2.05, 4.69) is 4.98 Å². The van der Waals surface area contributed by atoms with Crippen LogP contribution in [0.2, 0.25) is 0 Å². The molecular weight excluding hydrogens is 283 g/mol. The van der Waals surface area contributed by atoms with Crippen LogP contribution in [0.4, 0.5) is 24.5 Å². The number of nitrogen functional groups attached to an aromatic ring is 1. The second-order valence-corrected chi connectivity index (χ2v) is 6.06. The molecule has 19 heavy (non-hydrogen) atoms. The lowest BCUT2D eigenvalue weighted by Crippen LogP contribution is -2.30. The molecule has 0 saturated heterocycles. The molecule has 5 nitrogen and oxygen atoms in total. The first-order valence-electron chi connectivity index (χ1n) is 5.36. The van der Waals surface area contributed by atoms with Gasteiger partial charge in [0.1, 0.15) is 0 Å². The maximum atomic E-state index is 12.0. The molecule has 0 bridgehead atoms. The Balaban J connectivity index is 2.75. The molecule has 1 aromatic heterocycles. The van der Waals surface area contributed by atoms with Gasteiger partial charge in [-0.05, 0) is 12.5 Å². The van der Waals surface area contributed by atoms with Crippen molar-refractivity contribution >= 4 is 21.4 Å². The Bertz CT molecular complexity index is 531. The summed E-state index contributed by atoms with van der Waals surface area (Å²) in [4.78, 5) is 3.71. The first kappa shape index (κ1) is 15.5. The van der Waals surface area contributed by atoms with E-state index in [1.54, 1.807) is 0 Å². The summed E-state index contributed by atoms with van der Waals surface area (Å²) < 4.78 is 60.5. The average molecular weight is 297 g/mol. The molecule has 0 aliphatic heterocycles. The molecule has 0 amide bonds. The number of sulfonamides is 1. The smallest absolute Gasteiger partial charge is 0.389 e. The highest BCUT2D eigenvalue weighted by atomic mass is 32.2. The van der Waals surface area contributed by atoms with Gasteiger partial charge >= 0.3 is 6.18 Å². The van der Waals surface area contributed by atoms with Crippen molar-refractivity contribution in [3.8, 4) is 0 Å². The Morgan fingerprint density at radius 1 is 1.42 bits per heavy atom. The second-order valence-electron chi connectivity index (χ2n) is 3.94. The van der Waals surface area contributed by atoms with Crippen molar-refractivity contribution in [3.63, 3.8) is 0 Å². The molecule has 0 spiro atoms. The van der Waals surface area contributed by atoms with E-state index in [1.807, 2.05) is 0 Å². The van der Waals surface area contributed by atoms with Gasteiger partial charge in [0.25, 0.3) is 0 Å². The fourth-order valence-electron chi connectivity index (χ4n) is 1.43. The van der Waals surface area contributed by atoms with Crippen LogP contribution in [0.25, 0.3) is 0 Å². The van der Waals surface area contributed by atoms with Crippen LogP contribution in [0.5, 0.6) is 0 Å². The van der Waals surface area contributed by atoms with Crippen LogP contribution in [-0.2, 0) is 10.0 Å². The number of rotatable bonds is 5. The highest BCUT2D eigenvalue weighted by Crippen LogP contribution is 2.25. The summed E-state index contributed by atoms with van der Waals surface area (Å²) in [5.41, 5.74) is 5.91. The van der Waals surface area contributed by atoms with Crippen LogP contribution in [0.1, 0.15) is 12.8 Å². The van der Waals surface area contributed by atoms with Gasteiger partial charge in [-0.1, -0.05) is 0 Å². The van der Waals surface area contributed by atoms with Gasteiger partial charge in [0.05, 0.1) is 23.3 Å². The number of pyridine rings is 1. The first-order valence-corrected chi connectivity index (χ1v) is 6.97. The SMILES string of the molecule is CN(c1ccncc1N)S(=O)(=O)CCCC(F)(F)F. The van der Waals surface area contributed by atoms with E-state index >= 15 is 0 Å². The lowest BCUT2D eigenvalue weighted by atomic mass is 10.3. The molecule has 0 saturated carbocycles. The van der Waals surface area contributed by atoms with Gasteiger partial charge in [-0.3, -0.25) is 9.29 Å². The van der Waals surface area contributed by atoms with Gasteiger partial charge in [0, 0.05) is 19.7 Å². The molecule has 2 N–H and O–H groups in total. The van der Waals surface area contributed by atoms with E-state index < -0.39 is 34.8 Å². The van der Waals surface area contributed by atoms with Gasteiger partial charge in [-0.15, -0.1) is 0 Å². The summed E-state index contributed by atoms with van der Waals surface area (Å²) in [5.74, 6) is -0.592. The highest BCUT2D eigenvalue weighted by Gasteiger charge is 2.28. The summed E-state index contributed by atoms with van der Waals surface area (Å²) in [6, 6.07) is 1.39. The third kappa shape index (κ3) is 4.58. The number of hydrogen-bond acceptors (Lipinski definition) is 4. The lowest BCUT2D eigenvalue weighted by molar-refractivity contribution is -0.134. The molecule has 0 atom stereocenters. The maximum absolute atomic E-state index is 12.0. The number of nitrogens with two attached hydrogens (primary N) is 1. The second kappa shape index (κ2) is 5.64. The molecule has 0 unspecified atom stereocenters. The van der Waals surface area contributed by atoms with Gasteiger partial charge in [0.2, 0.25) is 10.0 Å². The third-order valence-corrected chi connectivity index (χ3v) is 4.28. The van der Waals surface area contributed by atoms with Crippen molar-refractivity contribution in [2.24, 2.45) is 0 Å². The minimum atomic E-state index is -4.36. The van der Waals surface area contributed by atoms with Crippen LogP contribution in [0.3, 0.4) is 0 Å². The zero-order chi connectivity index (χ0) is 14.7.